The molecule has 10 heavy (non-hydrogen) atoms. The minimum Gasteiger partial charge on any atom is -0.575 e. The molecule has 2 nitrogen and oxygen atoms in total. The summed E-state index contributed by atoms with van der Waals surface area (Å²) < 4.78 is 4.92. The first-order chi connectivity index (χ1) is 4.39. The maximum Gasteiger partial charge on any atom is 0 e. The Bertz CT molecular complexity index is 55.6. The van der Waals surface area contributed by atoms with E-state index < -0.39 is 0 Å². The molecule has 1 aliphatic heterocycles. The number of hydrogen-bond donors (Lipinski definition) is 0. The van der Waals surface area contributed by atoms with Crippen molar-refractivity contribution in [3.05, 3.63) is 13.2 Å². The second-order valence-electron chi connectivity index (χ2n) is 1.62. The van der Waals surface area contributed by atoms with Crippen molar-refractivity contribution < 1.29 is 37.4 Å². The zero-order chi connectivity index (χ0) is 7.11. The summed E-state index contributed by atoms with van der Waals surface area (Å²) in [5.41, 5.74) is 0. The summed E-state index contributed by atoms with van der Waals surface area (Å²) >= 11 is 0. The van der Waals surface area contributed by atoms with Gasteiger partial charge in [-0.05, 0) is 7.05 Å². The predicted molar refractivity (Wildman–Crippen MR) is 38.5 cm³/mol. The molecule has 1 radical (unpaired) electrons. The average Bonchev–Trinajstić information content (AvgIpc) is 1.94. The van der Waals surface area contributed by atoms with Crippen LogP contribution in [0.25, 0.3) is 0 Å². The van der Waals surface area contributed by atoms with Gasteiger partial charge in [0.2, 0.25) is 0 Å². The molecule has 1 rings (SSSR count). The minimum absolute atomic E-state index is 0. The van der Waals surface area contributed by atoms with Gasteiger partial charge < -0.3 is 9.64 Å². The molecule has 0 saturated carbocycles. The third-order valence-corrected chi connectivity index (χ3v) is 0.963. The first-order valence-electron chi connectivity index (χ1n) is 3.36. The number of likely N-dealkylation sites (N-methyl/N-ethyl adjacent to an activating group) is 1. The van der Waals surface area contributed by atoms with Crippen molar-refractivity contribution in [1.29, 1.82) is 0 Å². The summed E-state index contributed by atoms with van der Waals surface area (Å²) in [6, 6.07) is 0. The van der Waals surface area contributed by atoms with Gasteiger partial charge in [-0.15, -0.1) is 13.2 Å². The van der Waals surface area contributed by atoms with E-state index in [1.165, 1.54) is 0 Å². The molecule has 0 aromatic carbocycles. The van der Waals surface area contributed by atoms with Gasteiger partial charge in [-0.25, -0.2) is 13.2 Å². The Hall–Kier alpha value is 1.02. The maximum absolute atomic E-state index is 4.92. The predicted octanol–water partition coefficient (Wildman–Crippen LogP) is 1.30. The molecular weight excluding hydrogens is 203 g/mol. The van der Waals surface area contributed by atoms with Crippen molar-refractivity contribution in [2.24, 2.45) is 0 Å². The molecule has 0 N–H and O–H groups in total. The van der Waals surface area contributed by atoms with Crippen molar-refractivity contribution >= 4 is 0 Å². The van der Waals surface area contributed by atoms with Crippen LogP contribution in [0.5, 0.6) is 0 Å². The molecule has 0 bridgehead atoms. The third kappa shape index (κ3) is 7.13. The zero-order valence-corrected chi connectivity index (χ0v) is 9.84. The van der Waals surface area contributed by atoms with Crippen LogP contribution in [-0.4, -0.2) is 25.1 Å². The summed E-state index contributed by atoms with van der Waals surface area (Å²) in [5, 5.41) is 0. The van der Waals surface area contributed by atoms with Crippen LogP contribution in [0.3, 0.4) is 0 Å². The summed E-state index contributed by atoms with van der Waals surface area (Å²) in [4.78, 5) is 2.09. The standard InChI is InChI=1S/C5H9NO.C2H6.Y/c1-6-2-4-7-5-3-6;1-2;/h2,5H,3-4H2,1H3;1-2H3;/q-2;;. The van der Waals surface area contributed by atoms with Crippen molar-refractivity contribution in [2.45, 2.75) is 13.8 Å². The zero-order valence-electron chi connectivity index (χ0n) is 7.00. The van der Waals surface area contributed by atoms with E-state index in [1.54, 1.807) is 6.61 Å². The molecule has 0 aliphatic carbocycles. The van der Waals surface area contributed by atoms with Crippen molar-refractivity contribution in [3.63, 3.8) is 0 Å². The van der Waals surface area contributed by atoms with Gasteiger partial charge in [-0.1, -0.05) is 13.8 Å². The van der Waals surface area contributed by atoms with Gasteiger partial charge in [0.25, 0.3) is 0 Å². The van der Waals surface area contributed by atoms with Crippen molar-refractivity contribution in [3.8, 4) is 0 Å². The summed E-state index contributed by atoms with van der Waals surface area (Å²) in [7, 11) is 2.03. The monoisotopic (exact) mass is 218 g/mol. The molecule has 0 aromatic heterocycles. The summed E-state index contributed by atoms with van der Waals surface area (Å²) in [5.74, 6) is 0. The van der Waals surface area contributed by atoms with Crippen LogP contribution in [0.4, 0.5) is 0 Å². The number of rotatable bonds is 0. The van der Waals surface area contributed by atoms with E-state index in [0.717, 1.165) is 13.2 Å². The van der Waals surface area contributed by atoms with Crippen LogP contribution in [0.1, 0.15) is 13.8 Å². The van der Waals surface area contributed by atoms with E-state index in [4.69, 9.17) is 4.74 Å². The molecule has 0 amide bonds. The van der Waals surface area contributed by atoms with E-state index in [1.807, 2.05) is 27.4 Å². The Kier molecular flexibility index (Phi) is 13.6. The van der Waals surface area contributed by atoms with E-state index in [2.05, 4.69) is 4.90 Å². The van der Waals surface area contributed by atoms with Crippen molar-refractivity contribution in [2.75, 3.05) is 20.2 Å². The van der Waals surface area contributed by atoms with Gasteiger partial charge in [0, 0.05) is 32.7 Å². The van der Waals surface area contributed by atoms with Crippen LogP contribution >= 0.6 is 0 Å². The Labute approximate surface area is 89.2 Å². The van der Waals surface area contributed by atoms with Crippen LogP contribution in [0, 0.1) is 13.2 Å². The minimum atomic E-state index is 0. The molecule has 3 heteroatoms. The molecule has 0 aromatic rings. The van der Waals surface area contributed by atoms with Gasteiger partial charge in [0.15, 0.2) is 0 Å². The van der Waals surface area contributed by atoms with Gasteiger partial charge in [-0.3, -0.25) is 0 Å². The Morgan fingerprint density at radius 2 is 2.00 bits per heavy atom. The molecule has 0 spiro atoms. The SMILES string of the molecule is CC.CN1[CH-]CO[CH-]C1.[Y]. The maximum atomic E-state index is 4.92. The Morgan fingerprint density at radius 1 is 1.40 bits per heavy atom. The molecule has 1 heterocycles. The number of ether oxygens (including phenoxy) is 1. The van der Waals surface area contributed by atoms with E-state index in [0.29, 0.717) is 0 Å². The first kappa shape index (κ1) is 13.6. The van der Waals surface area contributed by atoms with Crippen molar-refractivity contribution in [1.82, 2.24) is 4.90 Å². The fraction of sp³-hybridized carbons (Fsp3) is 0.714. The van der Waals surface area contributed by atoms with Gasteiger partial charge in [-0.2, -0.15) is 0 Å². The second kappa shape index (κ2) is 10.0. The summed E-state index contributed by atoms with van der Waals surface area (Å²) in [6.07, 6.45) is 0. The molecule has 1 aliphatic rings. The largest absolute Gasteiger partial charge is 0.575 e. The smallest absolute Gasteiger partial charge is 0 e. The quantitative estimate of drug-likeness (QED) is 0.568. The molecule has 1 fully saturated rings. The normalized spacial score (nSPS) is 18.3. The van der Waals surface area contributed by atoms with E-state index in [-0.39, 0.29) is 32.7 Å². The molecule has 59 valence electrons. The fourth-order valence-electron chi connectivity index (χ4n) is 0.483. The van der Waals surface area contributed by atoms with E-state index >= 15 is 0 Å². The van der Waals surface area contributed by atoms with Crippen LogP contribution < -0.4 is 0 Å². The van der Waals surface area contributed by atoms with Crippen LogP contribution in [0.2, 0.25) is 0 Å². The van der Waals surface area contributed by atoms with E-state index in [9.17, 15) is 0 Å². The van der Waals surface area contributed by atoms with Gasteiger partial charge in [0.05, 0.1) is 0 Å². The first-order valence-corrected chi connectivity index (χ1v) is 3.36. The second-order valence-corrected chi connectivity index (χ2v) is 1.62. The topological polar surface area (TPSA) is 12.5 Å². The number of morpholine rings is 1. The molecule has 1 saturated heterocycles. The fourth-order valence-corrected chi connectivity index (χ4v) is 0.483. The number of nitrogens with zero attached hydrogens (tertiary/aromatic N) is 1. The average molecular weight is 218 g/mol. The Morgan fingerprint density at radius 3 is 2.20 bits per heavy atom. The van der Waals surface area contributed by atoms with Gasteiger partial charge >= 0.3 is 0 Å². The number of hydrogen-bond acceptors (Lipinski definition) is 2. The Balaban J connectivity index is 0. The van der Waals surface area contributed by atoms with Crippen LogP contribution in [0.15, 0.2) is 0 Å². The molecule has 0 atom stereocenters. The van der Waals surface area contributed by atoms with Crippen LogP contribution in [-0.2, 0) is 37.4 Å². The molecular formula is C7H15NOY-2. The third-order valence-electron chi connectivity index (χ3n) is 0.963. The van der Waals surface area contributed by atoms with Gasteiger partial charge in [0.1, 0.15) is 0 Å². The summed E-state index contributed by atoms with van der Waals surface area (Å²) in [6.45, 7) is 9.47. The molecule has 0 unspecified atom stereocenters.